The van der Waals surface area contributed by atoms with Gasteiger partial charge >= 0.3 is 6.18 Å². The van der Waals surface area contributed by atoms with Crippen LogP contribution in [0.2, 0.25) is 0 Å². The van der Waals surface area contributed by atoms with Crippen molar-refractivity contribution in [2.24, 2.45) is 0 Å². The van der Waals surface area contributed by atoms with E-state index in [2.05, 4.69) is 12.1 Å². The molecular formula is C27H27F3O4. The van der Waals surface area contributed by atoms with Crippen LogP contribution in [0.5, 0.6) is 11.5 Å². The minimum Gasteiger partial charge on any atom is -0.493 e. The average molecular weight is 473 g/mol. The number of aryl methyl sites for hydroxylation is 1. The molecule has 7 heteroatoms. The van der Waals surface area contributed by atoms with Crippen molar-refractivity contribution in [3.63, 3.8) is 0 Å². The molecule has 0 amide bonds. The minimum absolute atomic E-state index is 0.310. The third kappa shape index (κ3) is 7.92. The molecule has 1 N–H and O–H groups in total. The van der Waals surface area contributed by atoms with Crippen LogP contribution in [0.3, 0.4) is 0 Å². The van der Waals surface area contributed by atoms with Gasteiger partial charge < -0.3 is 14.6 Å². The van der Waals surface area contributed by atoms with E-state index in [1.54, 1.807) is 0 Å². The van der Waals surface area contributed by atoms with Gasteiger partial charge in [0.25, 0.3) is 5.78 Å². The van der Waals surface area contributed by atoms with E-state index in [0.29, 0.717) is 37.6 Å². The standard InChI is InChI=1S/C27H27F3O4/c28-27(29,30)26(32)22-12-16-24(17-13-22)34-19-5-18-33-23-14-10-21(11-15-23)25(31)9-4-8-20-6-2-1-3-7-20/h1-3,6-7,10-17,25,31H,4-5,8-9,18-19H2. The number of aliphatic hydroxyl groups is 1. The van der Waals surface area contributed by atoms with Crippen molar-refractivity contribution < 1.29 is 32.5 Å². The number of rotatable bonds is 12. The summed E-state index contributed by atoms with van der Waals surface area (Å²) in [5, 5.41) is 10.4. The van der Waals surface area contributed by atoms with Crippen molar-refractivity contribution in [1.82, 2.24) is 0 Å². The Kier molecular flexibility index (Phi) is 9.10. The van der Waals surface area contributed by atoms with E-state index in [0.717, 1.165) is 30.5 Å². The van der Waals surface area contributed by atoms with E-state index in [-0.39, 0.29) is 0 Å². The number of benzene rings is 3. The van der Waals surface area contributed by atoms with Gasteiger partial charge in [0.15, 0.2) is 0 Å². The first-order chi connectivity index (χ1) is 16.3. The molecule has 0 aliphatic rings. The van der Waals surface area contributed by atoms with Gasteiger partial charge in [-0.2, -0.15) is 13.2 Å². The first kappa shape index (κ1) is 25.3. The number of alkyl halides is 3. The predicted molar refractivity (Wildman–Crippen MR) is 123 cm³/mol. The molecule has 1 unspecified atom stereocenters. The monoisotopic (exact) mass is 472 g/mol. The fourth-order valence-corrected chi connectivity index (χ4v) is 3.40. The van der Waals surface area contributed by atoms with Crippen LogP contribution in [0, 0.1) is 0 Å². The Morgan fingerprint density at radius 3 is 1.91 bits per heavy atom. The maximum Gasteiger partial charge on any atom is 0.454 e. The van der Waals surface area contributed by atoms with E-state index in [1.807, 2.05) is 42.5 Å². The molecule has 0 saturated heterocycles. The van der Waals surface area contributed by atoms with Crippen molar-refractivity contribution in [3.8, 4) is 11.5 Å². The Bertz CT molecular complexity index is 1020. The Hall–Kier alpha value is -3.32. The Morgan fingerprint density at radius 2 is 1.35 bits per heavy atom. The van der Waals surface area contributed by atoms with Crippen LogP contribution in [0.4, 0.5) is 13.2 Å². The molecular weight excluding hydrogens is 445 g/mol. The zero-order chi connectivity index (χ0) is 24.4. The summed E-state index contributed by atoms with van der Waals surface area (Å²) in [5.41, 5.74) is 1.68. The van der Waals surface area contributed by atoms with Crippen molar-refractivity contribution in [2.45, 2.75) is 38.0 Å². The lowest BCUT2D eigenvalue weighted by molar-refractivity contribution is -0.0885. The number of carbonyl (C=O) groups excluding carboxylic acids is 1. The van der Waals surface area contributed by atoms with Crippen LogP contribution in [0.15, 0.2) is 78.9 Å². The number of hydrogen-bond acceptors (Lipinski definition) is 4. The number of Topliss-reactive ketones (excluding diaryl/α,β-unsaturated/α-hetero) is 1. The number of hydrogen-bond donors (Lipinski definition) is 1. The molecule has 34 heavy (non-hydrogen) atoms. The van der Waals surface area contributed by atoms with Crippen LogP contribution < -0.4 is 9.47 Å². The highest BCUT2D eigenvalue weighted by Gasteiger charge is 2.39. The first-order valence-electron chi connectivity index (χ1n) is 11.1. The molecule has 3 aromatic carbocycles. The number of carbonyl (C=O) groups is 1. The van der Waals surface area contributed by atoms with Crippen LogP contribution in [0.25, 0.3) is 0 Å². The van der Waals surface area contributed by atoms with Gasteiger partial charge in [-0.15, -0.1) is 0 Å². The summed E-state index contributed by atoms with van der Waals surface area (Å²) in [7, 11) is 0. The second-order valence-electron chi connectivity index (χ2n) is 7.86. The van der Waals surface area contributed by atoms with Gasteiger partial charge in [-0.3, -0.25) is 4.79 Å². The molecule has 0 saturated carbocycles. The van der Waals surface area contributed by atoms with E-state index < -0.39 is 23.6 Å². The number of ketones is 1. The normalized spacial score (nSPS) is 12.2. The fourth-order valence-electron chi connectivity index (χ4n) is 3.40. The van der Waals surface area contributed by atoms with E-state index >= 15 is 0 Å². The molecule has 1 atom stereocenters. The lowest BCUT2D eigenvalue weighted by atomic mass is 10.0. The third-order valence-electron chi connectivity index (χ3n) is 5.25. The van der Waals surface area contributed by atoms with Crippen molar-refractivity contribution >= 4 is 5.78 Å². The van der Waals surface area contributed by atoms with Gasteiger partial charge in [0.05, 0.1) is 19.3 Å². The zero-order valence-electron chi connectivity index (χ0n) is 18.6. The number of halogens is 3. The Morgan fingerprint density at radius 1 is 0.794 bits per heavy atom. The molecule has 0 aliphatic heterocycles. The second-order valence-corrected chi connectivity index (χ2v) is 7.86. The lowest BCUT2D eigenvalue weighted by Crippen LogP contribution is -2.22. The minimum atomic E-state index is -4.89. The Labute approximate surface area is 197 Å². The average Bonchev–Trinajstić information content (AvgIpc) is 2.84. The molecule has 4 nitrogen and oxygen atoms in total. The second kappa shape index (κ2) is 12.2. The lowest BCUT2D eigenvalue weighted by Gasteiger charge is -2.12. The summed E-state index contributed by atoms with van der Waals surface area (Å²) in [5.74, 6) is -0.822. The van der Waals surface area contributed by atoms with E-state index in [4.69, 9.17) is 9.47 Å². The van der Waals surface area contributed by atoms with Gasteiger partial charge in [-0.25, -0.2) is 0 Å². The maximum atomic E-state index is 12.4. The van der Waals surface area contributed by atoms with Crippen molar-refractivity contribution in [1.29, 1.82) is 0 Å². The Balaban J connectivity index is 1.33. The molecule has 180 valence electrons. The van der Waals surface area contributed by atoms with Gasteiger partial charge in [-0.1, -0.05) is 42.5 Å². The van der Waals surface area contributed by atoms with Crippen LogP contribution in [-0.2, 0) is 6.42 Å². The predicted octanol–water partition coefficient (Wildman–Crippen LogP) is 6.34. The first-order valence-corrected chi connectivity index (χ1v) is 11.1. The molecule has 0 fully saturated rings. The summed E-state index contributed by atoms with van der Waals surface area (Å²) in [6, 6.07) is 22.4. The topological polar surface area (TPSA) is 55.8 Å². The summed E-state index contributed by atoms with van der Waals surface area (Å²) < 4.78 is 48.4. The smallest absolute Gasteiger partial charge is 0.454 e. The van der Waals surface area contributed by atoms with Gasteiger partial charge in [0.1, 0.15) is 11.5 Å². The third-order valence-corrected chi connectivity index (χ3v) is 5.25. The molecule has 3 aromatic rings. The van der Waals surface area contributed by atoms with Crippen LogP contribution >= 0.6 is 0 Å². The quantitative estimate of drug-likeness (QED) is 0.247. The molecule has 0 bridgehead atoms. The van der Waals surface area contributed by atoms with Crippen molar-refractivity contribution in [2.75, 3.05) is 13.2 Å². The molecule has 0 aromatic heterocycles. The van der Waals surface area contributed by atoms with Crippen LogP contribution in [-0.4, -0.2) is 30.3 Å². The molecule has 3 rings (SSSR count). The van der Waals surface area contributed by atoms with Crippen molar-refractivity contribution in [3.05, 3.63) is 95.6 Å². The van der Waals surface area contributed by atoms with Crippen LogP contribution in [0.1, 0.15) is 46.9 Å². The molecule has 0 radical (unpaired) electrons. The molecule has 0 spiro atoms. The number of ether oxygens (including phenoxy) is 2. The maximum absolute atomic E-state index is 12.4. The summed E-state index contributed by atoms with van der Waals surface area (Å²) in [6.07, 6.45) is -2.35. The SMILES string of the molecule is O=C(c1ccc(OCCCOc2ccc(C(O)CCCc3ccccc3)cc2)cc1)C(F)(F)F. The summed E-state index contributed by atoms with van der Waals surface area (Å²) in [6.45, 7) is 0.703. The largest absolute Gasteiger partial charge is 0.493 e. The highest BCUT2D eigenvalue weighted by molar-refractivity contribution is 6.00. The molecule has 0 heterocycles. The zero-order valence-corrected chi connectivity index (χ0v) is 18.6. The summed E-state index contributed by atoms with van der Waals surface area (Å²) in [4.78, 5) is 11.2. The van der Waals surface area contributed by atoms with E-state index in [9.17, 15) is 23.1 Å². The van der Waals surface area contributed by atoms with Gasteiger partial charge in [0, 0.05) is 12.0 Å². The summed E-state index contributed by atoms with van der Waals surface area (Å²) >= 11 is 0. The molecule has 0 aliphatic carbocycles. The van der Waals surface area contributed by atoms with Gasteiger partial charge in [0.2, 0.25) is 0 Å². The van der Waals surface area contributed by atoms with E-state index in [1.165, 1.54) is 17.7 Å². The van der Waals surface area contributed by atoms with Gasteiger partial charge in [-0.05, 0) is 66.8 Å². The fraction of sp³-hybridized carbons (Fsp3) is 0.296. The highest BCUT2D eigenvalue weighted by Crippen LogP contribution is 2.24. The number of aliphatic hydroxyl groups excluding tert-OH is 1. The highest BCUT2D eigenvalue weighted by atomic mass is 19.4.